The van der Waals surface area contributed by atoms with Gasteiger partial charge < -0.3 is 4.74 Å². The van der Waals surface area contributed by atoms with E-state index in [0.717, 1.165) is 12.8 Å². The largest absolute Gasteiger partial charge is 0.459 e. The van der Waals surface area contributed by atoms with Crippen molar-refractivity contribution in [2.24, 2.45) is 16.7 Å². The minimum absolute atomic E-state index is 0.0213. The minimum atomic E-state index is -0.297. The average Bonchev–Trinajstić information content (AvgIpc) is 2.40. The van der Waals surface area contributed by atoms with Gasteiger partial charge in [-0.1, -0.05) is 41.2 Å². The Balaban J connectivity index is 2.95. The van der Waals surface area contributed by atoms with Crippen LogP contribution in [0.25, 0.3) is 0 Å². The van der Waals surface area contributed by atoms with Crippen molar-refractivity contribution in [1.29, 1.82) is 0 Å². The Hall–Kier alpha value is -0.790. The van der Waals surface area contributed by atoms with Gasteiger partial charge in [-0.2, -0.15) is 0 Å². The van der Waals surface area contributed by atoms with E-state index < -0.39 is 0 Å². The van der Waals surface area contributed by atoms with Gasteiger partial charge in [0.25, 0.3) is 0 Å². The first kappa shape index (κ1) is 13.3. The number of hydrogen-bond donors (Lipinski definition) is 0. The molecule has 1 aliphatic rings. The van der Waals surface area contributed by atoms with Gasteiger partial charge in [-0.3, -0.25) is 0 Å². The minimum Gasteiger partial charge on any atom is -0.459 e. The molecule has 1 fully saturated rings. The second-order valence-corrected chi connectivity index (χ2v) is 5.76. The van der Waals surface area contributed by atoms with Gasteiger partial charge in [-0.15, -0.1) is 0 Å². The third-order valence-electron chi connectivity index (χ3n) is 5.14. The molecule has 2 heteroatoms. The zero-order valence-electron chi connectivity index (χ0n) is 11.2. The molecule has 0 aromatic rings. The van der Waals surface area contributed by atoms with Crippen LogP contribution in [0.15, 0.2) is 12.7 Å². The van der Waals surface area contributed by atoms with Gasteiger partial charge in [0.2, 0.25) is 0 Å². The lowest BCUT2D eigenvalue weighted by Gasteiger charge is -2.42. The molecule has 1 aliphatic carbocycles. The van der Waals surface area contributed by atoms with E-state index in [1.165, 1.54) is 6.08 Å². The third kappa shape index (κ3) is 1.79. The van der Waals surface area contributed by atoms with Gasteiger partial charge in [0, 0.05) is 11.5 Å². The first-order valence-corrected chi connectivity index (χ1v) is 6.12. The van der Waals surface area contributed by atoms with E-state index >= 15 is 0 Å². The SMILES string of the molecule is C=CC(=O)OC1CC(C)C(C)(C)C1(C)CC. The maximum atomic E-state index is 11.3. The van der Waals surface area contributed by atoms with Gasteiger partial charge in [-0.05, 0) is 24.2 Å². The van der Waals surface area contributed by atoms with Gasteiger partial charge in [0.15, 0.2) is 0 Å². The first-order valence-electron chi connectivity index (χ1n) is 6.12. The number of rotatable bonds is 3. The Labute approximate surface area is 99.1 Å². The topological polar surface area (TPSA) is 26.3 Å². The van der Waals surface area contributed by atoms with Crippen LogP contribution < -0.4 is 0 Å². The summed E-state index contributed by atoms with van der Waals surface area (Å²) in [5.41, 5.74) is 0.263. The van der Waals surface area contributed by atoms with E-state index in [1.807, 2.05) is 0 Å². The third-order valence-corrected chi connectivity index (χ3v) is 5.14. The highest BCUT2D eigenvalue weighted by molar-refractivity contribution is 5.81. The molecule has 1 rings (SSSR count). The van der Waals surface area contributed by atoms with Crippen LogP contribution in [-0.2, 0) is 9.53 Å². The summed E-state index contributed by atoms with van der Waals surface area (Å²) < 4.78 is 5.52. The molecule has 0 amide bonds. The molecule has 92 valence electrons. The van der Waals surface area contributed by atoms with Crippen molar-refractivity contribution >= 4 is 5.97 Å². The van der Waals surface area contributed by atoms with Crippen LogP contribution in [0.4, 0.5) is 0 Å². The van der Waals surface area contributed by atoms with Crippen molar-refractivity contribution in [1.82, 2.24) is 0 Å². The van der Waals surface area contributed by atoms with Gasteiger partial charge in [0.05, 0.1) is 0 Å². The molecule has 3 unspecified atom stereocenters. The van der Waals surface area contributed by atoms with Crippen molar-refractivity contribution in [2.75, 3.05) is 0 Å². The highest BCUT2D eigenvalue weighted by Gasteiger charge is 2.56. The molecule has 2 nitrogen and oxygen atoms in total. The Morgan fingerprint density at radius 3 is 2.50 bits per heavy atom. The van der Waals surface area contributed by atoms with E-state index in [9.17, 15) is 4.79 Å². The quantitative estimate of drug-likeness (QED) is 0.541. The highest BCUT2D eigenvalue weighted by Crippen LogP contribution is 2.58. The first-order chi connectivity index (χ1) is 7.29. The Morgan fingerprint density at radius 2 is 2.06 bits per heavy atom. The van der Waals surface area contributed by atoms with Crippen molar-refractivity contribution in [3.63, 3.8) is 0 Å². The second-order valence-electron chi connectivity index (χ2n) is 5.76. The summed E-state index contributed by atoms with van der Waals surface area (Å²) in [6, 6.07) is 0. The zero-order valence-corrected chi connectivity index (χ0v) is 11.2. The molecule has 0 heterocycles. The summed E-state index contributed by atoms with van der Waals surface area (Å²) >= 11 is 0. The lowest BCUT2D eigenvalue weighted by Crippen LogP contribution is -2.40. The predicted molar refractivity (Wildman–Crippen MR) is 66.0 cm³/mol. The number of esters is 1. The van der Waals surface area contributed by atoms with Crippen LogP contribution >= 0.6 is 0 Å². The molecule has 0 radical (unpaired) electrons. The van der Waals surface area contributed by atoms with E-state index in [-0.39, 0.29) is 22.9 Å². The standard InChI is InChI=1S/C14H24O2/c1-7-12(15)16-11-9-10(3)13(4,5)14(11,6)8-2/h7,10-11H,1,8-9H2,2-6H3. The molecule has 1 saturated carbocycles. The van der Waals surface area contributed by atoms with Crippen molar-refractivity contribution in [3.05, 3.63) is 12.7 Å². The van der Waals surface area contributed by atoms with Crippen molar-refractivity contribution in [2.45, 2.75) is 53.6 Å². The smallest absolute Gasteiger partial charge is 0.330 e. The molecule has 0 N–H and O–H groups in total. The fraction of sp³-hybridized carbons (Fsp3) is 0.786. The van der Waals surface area contributed by atoms with Crippen LogP contribution in [0.3, 0.4) is 0 Å². The Morgan fingerprint density at radius 1 is 1.50 bits per heavy atom. The summed E-state index contributed by atoms with van der Waals surface area (Å²) in [6.07, 6.45) is 3.26. The number of hydrogen-bond acceptors (Lipinski definition) is 2. The fourth-order valence-electron chi connectivity index (χ4n) is 2.90. The highest BCUT2D eigenvalue weighted by atomic mass is 16.5. The van der Waals surface area contributed by atoms with Gasteiger partial charge in [-0.25, -0.2) is 4.79 Å². The second kappa shape index (κ2) is 4.23. The van der Waals surface area contributed by atoms with Crippen LogP contribution in [-0.4, -0.2) is 12.1 Å². The van der Waals surface area contributed by atoms with Crippen LogP contribution in [0, 0.1) is 16.7 Å². The van der Waals surface area contributed by atoms with Crippen LogP contribution in [0.2, 0.25) is 0 Å². The van der Waals surface area contributed by atoms with Gasteiger partial charge in [0.1, 0.15) is 6.10 Å². The molecule has 0 spiro atoms. The zero-order chi connectivity index (χ0) is 12.6. The van der Waals surface area contributed by atoms with E-state index in [1.54, 1.807) is 0 Å². The molecular formula is C14H24O2. The molecular weight excluding hydrogens is 200 g/mol. The van der Waals surface area contributed by atoms with E-state index in [2.05, 4.69) is 41.2 Å². The molecule has 0 aromatic heterocycles. The summed E-state index contributed by atoms with van der Waals surface area (Å²) in [6.45, 7) is 14.7. The number of carbonyl (C=O) groups excluding carboxylic acids is 1. The average molecular weight is 224 g/mol. The maximum Gasteiger partial charge on any atom is 0.330 e. The summed E-state index contributed by atoms with van der Waals surface area (Å²) in [4.78, 5) is 11.3. The summed E-state index contributed by atoms with van der Waals surface area (Å²) in [5, 5.41) is 0. The lowest BCUT2D eigenvalue weighted by molar-refractivity contribution is -0.150. The summed E-state index contributed by atoms with van der Waals surface area (Å²) in [5.74, 6) is 0.273. The van der Waals surface area contributed by atoms with Crippen LogP contribution in [0.5, 0.6) is 0 Å². The molecule has 0 saturated heterocycles. The number of carbonyl (C=O) groups is 1. The lowest BCUT2D eigenvalue weighted by atomic mass is 9.64. The van der Waals surface area contributed by atoms with Crippen LogP contribution in [0.1, 0.15) is 47.5 Å². The maximum absolute atomic E-state index is 11.3. The van der Waals surface area contributed by atoms with Gasteiger partial charge >= 0.3 is 5.97 Å². The van der Waals surface area contributed by atoms with Crippen molar-refractivity contribution in [3.8, 4) is 0 Å². The number of ether oxygens (including phenoxy) is 1. The van der Waals surface area contributed by atoms with Crippen molar-refractivity contribution < 1.29 is 9.53 Å². The molecule has 3 atom stereocenters. The van der Waals surface area contributed by atoms with E-state index in [0.29, 0.717) is 5.92 Å². The molecule has 0 bridgehead atoms. The predicted octanol–water partition coefficient (Wildman–Crippen LogP) is 3.57. The summed E-state index contributed by atoms with van der Waals surface area (Å²) in [7, 11) is 0. The monoisotopic (exact) mass is 224 g/mol. The Kier molecular flexibility index (Phi) is 3.51. The Bertz CT molecular complexity index is 293. The molecule has 16 heavy (non-hydrogen) atoms. The molecule has 0 aliphatic heterocycles. The van der Waals surface area contributed by atoms with E-state index in [4.69, 9.17) is 4.74 Å². The normalized spacial score (nSPS) is 37.1. The fourth-order valence-corrected chi connectivity index (χ4v) is 2.90. The molecule has 0 aromatic carbocycles.